The van der Waals surface area contributed by atoms with Gasteiger partial charge in [-0.2, -0.15) is 0 Å². The van der Waals surface area contributed by atoms with Crippen LogP contribution in [0, 0.1) is 0 Å². The molecule has 0 amide bonds. The van der Waals surface area contributed by atoms with Gasteiger partial charge in [0.1, 0.15) is 0 Å². The molecule has 0 bridgehead atoms. The van der Waals surface area contributed by atoms with E-state index < -0.39 is 7.60 Å². The van der Waals surface area contributed by atoms with Gasteiger partial charge < -0.3 is 5.95 Å². The maximum Gasteiger partial charge on any atom is 1.00 e. The summed E-state index contributed by atoms with van der Waals surface area (Å²) in [6.07, 6.45) is 0.807. The normalized spacial score (nSPS) is 15.5. The van der Waals surface area contributed by atoms with Crippen LogP contribution in [0.5, 0.6) is 0 Å². The summed E-state index contributed by atoms with van der Waals surface area (Å²) in [5.74, 6) is 4.66. The van der Waals surface area contributed by atoms with Crippen molar-refractivity contribution in [2.75, 3.05) is 13.3 Å². The molecule has 0 saturated heterocycles. The third-order valence-corrected chi connectivity index (χ3v) is 1.76. The predicted octanol–water partition coefficient (Wildman–Crippen LogP) is -1.76. The van der Waals surface area contributed by atoms with Crippen molar-refractivity contribution in [3.63, 3.8) is 0 Å². The third-order valence-electron chi connectivity index (χ3n) is 0.721. The molecule has 0 radical (unpaired) electrons. The molecule has 0 rings (SSSR count). The Morgan fingerprint density at radius 3 is 2.50 bits per heavy atom. The van der Waals surface area contributed by atoms with Crippen molar-refractivity contribution in [2.24, 2.45) is 5.90 Å². The Morgan fingerprint density at radius 1 is 1.70 bits per heavy atom. The molecule has 0 aliphatic rings. The largest absolute Gasteiger partial charge is 1.00 e. The summed E-state index contributed by atoms with van der Waals surface area (Å²) in [5.41, 5.74) is 0. The molecule has 10 heavy (non-hydrogen) atoms. The zero-order chi connectivity index (χ0) is 7.33. The van der Waals surface area contributed by atoms with E-state index in [1.807, 2.05) is 6.92 Å². The smallest absolute Gasteiger partial charge is 1.00 e. The van der Waals surface area contributed by atoms with Crippen LogP contribution in [0.3, 0.4) is 0 Å². The number of rotatable bonds is 4. The van der Waals surface area contributed by atoms with Gasteiger partial charge in [-0.15, -0.1) is 0 Å². The van der Waals surface area contributed by atoms with Crippen molar-refractivity contribution >= 4 is 7.60 Å². The molecule has 4 nitrogen and oxygen atoms in total. The molecule has 0 aromatic heterocycles. The molecule has 2 N–H and O–H groups in total. The van der Waals surface area contributed by atoms with Gasteiger partial charge in [0.25, 0.3) is 0 Å². The first-order valence-electron chi connectivity index (χ1n) is 2.73. The van der Waals surface area contributed by atoms with Crippen molar-refractivity contribution in [1.29, 1.82) is 0 Å². The van der Waals surface area contributed by atoms with Crippen molar-refractivity contribution in [3.05, 3.63) is 0 Å². The van der Waals surface area contributed by atoms with Crippen molar-refractivity contribution < 1.29 is 44.7 Å². The molecule has 0 heterocycles. The van der Waals surface area contributed by atoms with Gasteiger partial charge in [-0.25, -0.2) is 10.5 Å². The van der Waals surface area contributed by atoms with E-state index in [1.165, 1.54) is 6.66 Å². The van der Waals surface area contributed by atoms with E-state index in [2.05, 4.69) is 10.5 Å². The second kappa shape index (κ2) is 6.80. The van der Waals surface area contributed by atoms with Crippen LogP contribution in [0.25, 0.3) is 0 Å². The second-order valence-corrected chi connectivity index (χ2v) is 3.72. The molecular formula is C4H13NNaO3P. The Labute approximate surface area is 84.7 Å². The van der Waals surface area contributed by atoms with Gasteiger partial charge in [0.2, 0.25) is 0 Å². The molecule has 6 heteroatoms. The van der Waals surface area contributed by atoms with Gasteiger partial charge in [0, 0.05) is 6.66 Å². The Kier molecular flexibility index (Phi) is 9.30. The fraction of sp³-hybridized carbons (Fsp3) is 1.00. The number of hydrogen-bond acceptors (Lipinski definition) is 4. The Morgan fingerprint density at radius 2 is 2.20 bits per heavy atom. The van der Waals surface area contributed by atoms with E-state index >= 15 is 0 Å². The summed E-state index contributed by atoms with van der Waals surface area (Å²) in [4.78, 5) is 0. The minimum atomic E-state index is -2.91. The predicted molar refractivity (Wildman–Crippen MR) is 36.2 cm³/mol. The average molecular weight is 177 g/mol. The Bertz CT molecular complexity index is 126. The number of nitrogens with two attached hydrogens (primary N) is 1. The van der Waals surface area contributed by atoms with Crippen LogP contribution in [0.1, 0.15) is 14.8 Å². The standard InChI is InChI=1S/C4H12NO3P.Na.H/c1-3-4-7-9(2,6)8-5;;/h3-5H2,1-2H3;;/q;+1;-1. The minimum absolute atomic E-state index is 0. The monoisotopic (exact) mass is 177 g/mol. The molecule has 0 fully saturated rings. The molecule has 0 aliphatic heterocycles. The van der Waals surface area contributed by atoms with Gasteiger partial charge in [0.05, 0.1) is 6.61 Å². The van der Waals surface area contributed by atoms with Crippen LogP contribution in [0.2, 0.25) is 0 Å². The molecule has 1 atom stereocenters. The van der Waals surface area contributed by atoms with E-state index in [4.69, 9.17) is 4.52 Å². The second-order valence-electron chi connectivity index (χ2n) is 1.71. The van der Waals surface area contributed by atoms with E-state index in [-0.39, 0.29) is 31.0 Å². The fourth-order valence-corrected chi connectivity index (χ4v) is 0.863. The average Bonchev–Trinajstić information content (AvgIpc) is 1.84. The molecule has 0 aromatic rings. The minimum Gasteiger partial charge on any atom is -1.00 e. The quantitative estimate of drug-likeness (QED) is 0.314. The maximum atomic E-state index is 10.8. The molecule has 0 aromatic carbocycles. The Hall–Kier alpha value is 1.11. The van der Waals surface area contributed by atoms with Gasteiger partial charge in [0.15, 0.2) is 0 Å². The van der Waals surface area contributed by atoms with E-state index in [9.17, 15) is 4.57 Å². The van der Waals surface area contributed by atoms with Crippen molar-refractivity contribution in [2.45, 2.75) is 13.3 Å². The van der Waals surface area contributed by atoms with Gasteiger partial charge in [-0.05, 0) is 6.42 Å². The molecular weight excluding hydrogens is 164 g/mol. The van der Waals surface area contributed by atoms with E-state index in [0.717, 1.165) is 6.42 Å². The first-order chi connectivity index (χ1) is 4.12. The van der Waals surface area contributed by atoms with Crippen molar-refractivity contribution in [1.82, 2.24) is 0 Å². The van der Waals surface area contributed by atoms with Crippen LogP contribution in [-0.4, -0.2) is 13.3 Å². The summed E-state index contributed by atoms with van der Waals surface area (Å²) < 4.78 is 19.6. The zero-order valence-corrected chi connectivity index (χ0v) is 9.56. The summed E-state index contributed by atoms with van der Waals surface area (Å²) >= 11 is 0. The fourth-order valence-electron chi connectivity index (χ4n) is 0.288. The van der Waals surface area contributed by atoms with Crippen LogP contribution in [0.4, 0.5) is 0 Å². The zero-order valence-electron chi connectivity index (χ0n) is 7.66. The topological polar surface area (TPSA) is 61.5 Å². The summed E-state index contributed by atoms with van der Waals surface area (Å²) in [6, 6.07) is 0. The maximum absolute atomic E-state index is 10.8. The van der Waals surface area contributed by atoms with Gasteiger partial charge >= 0.3 is 37.2 Å². The first kappa shape index (κ1) is 13.7. The summed E-state index contributed by atoms with van der Waals surface area (Å²) in [7, 11) is -2.91. The van der Waals surface area contributed by atoms with Crippen molar-refractivity contribution in [3.8, 4) is 0 Å². The van der Waals surface area contributed by atoms with E-state index in [1.54, 1.807) is 0 Å². The molecule has 58 valence electrons. The van der Waals surface area contributed by atoms with Gasteiger partial charge in [-0.1, -0.05) is 6.92 Å². The summed E-state index contributed by atoms with van der Waals surface area (Å²) in [5, 5.41) is 0. The van der Waals surface area contributed by atoms with Crippen LogP contribution in [0.15, 0.2) is 0 Å². The first-order valence-corrected chi connectivity index (χ1v) is 4.72. The number of hydrogen-bond donors (Lipinski definition) is 1. The van der Waals surface area contributed by atoms with E-state index in [0.29, 0.717) is 6.61 Å². The Balaban J connectivity index is -0.000000320. The molecule has 1 unspecified atom stereocenters. The van der Waals surface area contributed by atoms with Gasteiger partial charge in [-0.3, -0.25) is 4.57 Å². The third kappa shape index (κ3) is 7.22. The molecule has 0 spiro atoms. The summed E-state index contributed by atoms with van der Waals surface area (Å²) in [6.45, 7) is 3.67. The molecule has 0 saturated carbocycles. The van der Waals surface area contributed by atoms with Crippen LogP contribution < -0.4 is 35.5 Å². The van der Waals surface area contributed by atoms with Crippen LogP contribution in [-0.2, 0) is 13.7 Å². The SMILES string of the molecule is CCCOP(C)(=O)ON.[H-].[Na+]. The van der Waals surface area contributed by atoms with Crippen LogP contribution >= 0.6 is 7.60 Å². The molecule has 0 aliphatic carbocycles.